The number of halogens is 1. The van der Waals surface area contributed by atoms with Crippen LogP contribution in [0.2, 0.25) is 0 Å². The maximum Gasteiger partial charge on any atom is 0.119 e. The van der Waals surface area contributed by atoms with Crippen LogP contribution in [-0.2, 0) is 6.42 Å². The van der Waals surface area contributed by atoms with Crippen LogP contribution < -0.4 is 4.74 Å². The highest BCUT2D eigenvalue weighted by atomic mass is 127. The first-order chi connectivity index (χ1) is 7.07. The van der Waals surface area contributed by atoms with Crippen molar-refractivity contribution in [2.24, 2.45) is 5.41 Å². The number of benzene rings is 1. The third kappa shape index (κ3) is 4.41. The molecule has 0 radical (unpaired) electrons. The van der Waals surface area contributed by atoms with E-state index in [1.807, 2.05) is 6.07 Å². The van der Waals surface area contributed by atoms with Gasteiger partial charge in [-0.3, -0.25) is 0 Å². The Hall–Kier alpha value is -0.250. The van der Waals surface area contributed by atoms with Crippen LogP contribution in [0.4, 0.5) is 0 Å². The molecule has 0 aromatic heterocycles. The number of methoxy groups -OCH3 is 1. The maximum atomic E-state index is 5.21. The van der Waals surface area contributed by atoms with Gasteiger partial charge in [0.25, 0.3) is 0 Å². The van der Waals surface area contributed by atoms with Crippen LogP contribution in [0.15, 0.2) is 24.3 Å². The summed E-state index contributed by atoms with van der Waals surface area (Å²) in [5.41, 5.74) is 1.80. The summed E-state index contributed by atoms with van der Waals surface area (Å²) in [4.78, 5) is 0. The number of hydrogen-bond acceptors (Lipinski definition) is 1. The minimum Gasteiger partial charge on any atom is -0.497 e. The molecule has 0 saturated carbocycles. The zero-order valence-corrected chi connectivity index (χ0v) is 11.9. The summed E-state index contributed by atoms with van der Waals surface area (Å²) in [7, 11) is 1.72. The number of ether oxygens (including phenoxy) is 1. The lowest BCUT2D eigenvalue weighted by molar-refractivity contribution is 0.392. The summed E-state index contributed by atoms with van der Waals surface area (Å²) in [5.74, 6) is 0.958. The second-order valence-corrected chi connectivity index (χ2v) is 5.41. The van der Waals surface area contributed by atoms with Gasteiger partial charge in [0, 0.05) is 4.43 Å². The lowest BCUT2D eigenvalue weighted by atomic mass is 9.88. The van der Waals surface area contributed by atoms with E-state index in [-0.39, 0.29) is 0 Å². The molecule has 15 heavy (non-hydrogen) atoms. The Morgan fingerprint density at radius 2 is 2.07 bits per heavy atom. The average Bonchev–Trinajstić information content (AvgIpc) is 2.27. The van der Waals surface area contributed by atoms with Crippen molar-refractivity contribution in [1.82, 2.24) is 0 Å². The van der Waals surface area contributed by atoms with E-state index in [9.17, 15) is 0 Å². The Bertz CT molecular complexity index is 307. The molecule has 1 rings (SSSR count). The molecule has 0 atom stereocenters. The first kappa shape index (κ1) is 12.8. The van der Waals surface area contributed by atoms with Crippen LogP contribution in [0.1, 0.15) is 25.8 Å². The molecule has 1 nitrogen and oxygen atoms in total. The fourth-order valence-corrected chi connectivity index (χ4v) is 1.76. The monoisotopic (exact) mass is 318 g/mol. The Labute approximate surface area is 106 Å². The van der Waals surface area contributed by atoms with Crippen LogP contribution in [0.5, 0.6) is 5.75 Å². The second-order valence-electron chi connectivity index (χ2n) is 4.65. The number of hydrogen-bond donors (Lipinski definition) is 0. The Morgan fingerprint density at radius 3 is 2.67 bits per heavy atom. The lowest BCUT2D eigenvalue weighted by Crippen LogP contribution is -2.13. The summed E-state index contributed by atoms with van der Waals surface area (Å²) in [5, 5.41) is 0. The molecule has 0 heterocycles. The van der Waals surface area contributed by atoms with Crippen LogP contribution in [0, 0.1) is 5.41 Å². The molecule has 1 aromatic rings. The summed E-state index contributed by atoms with van der Waals surface area (Å²) in [6.07, 6.45) is 2.36. The van der Waals surface area contributed by atoms with Crippen molar-refractivity contribution >= 4 is 22.6 Å². The highest BCUT2D eigenvalue weighted by Crippen LogP contribution is 2.26. The van der Waals surface area contributed by atoms with Crippen molar-refractivity contribution in [3.63, 3.8) is 0 Å². The summed E-state index contributed by atoms with van der Waals surface area (Å²) < 4.78 is 6.41. The van der Waals surface area contributed by atoms with E-state index in [1.165, 1.54) is 16.4 Å². The van der Waals surface area contributed by atoms with E-state index in [1.54, 1.807) is 7.11 Å². The minimum atomic E-state index is 0.434. The molecular formula is C13H19IO. The summed E-state index contributed by atoms with van der Waals surface area (Å²) in [6, 6.07) is 8.35. The molecule has 0 N–H and O–H groups in total. The van der Waals surface area contributed by atoms with E-state index < -0.39 is 0 Å². The lowest BCUT2D eigenvalue weighted by Gasteiger charge is -2.21. The summed E-state index contributed by atoms with van der Waals surface area (Å²) >= 11 is 2.46. The molecule has 0 aliphatic rings. The first-order valence-corrected chi connectivity index (χ1v) is 6.79. The molecule has 1 aromatic carbocycles. The fraction of sp³-hybridized carbons (Fsp3) is 0.538. The van der Waals surface area contributed by atoms with Gasteiger partial charge in [-0.25, -0.2) is 0 Å². The molecule has 0 amide bonds. The van der Waals surface area contributed by atoms with Crippen LogP contribution in [0.3, 0.4) is 0 Å². The topological polar surface area (TPSA) is 9.23 Å². The molecule has 0 aliphatic carbocycles. The predicted molar refractivity (Wildman–Crippen MR) is 74.0 cm³/mol. The largest absolute Gasteiger partial charge is 0.497 e. The minimum absolute atomic E-state index is 0.434. The normalized spacial score (nSPS) is 11.5. The molecule has 2 heteroatoms. The van der Waals surface area contributed by atoms with Crippen molar-refractivity contribution in [3.05, 3.63) is 29.8 Å². The van der Waals surface area contributed by atoms with E-state index in [0.29, 0.717) is 5.41 Å². The maximum absolute atomic E-state index is 5.21. The van der Waals surface area contributed by atoms with Gasteiger partial charge in [-0.2, -0.15) is 0 Å². The van der Waals surface area contributed by atoms with Gasteiger partial charge in [0.05, 0.1) is 7.11 Å². The quantitative estimate of drug-likeness (QED) is 0.587. The second kappa shape index (κ2) is 5.73. The number of rotatable bonds is 5. The number of alkyl halides is 1. The molecule has 0 bridgehead atoms. The molecule has 84 valence electrons. The fourth-order valence-electron chi connectivity index (χ4n) is 1.38. The molecule has 0 aliphatic heterocycles. The van der Waals surface area contributed by atoms with Crippen LogP contribution in [0.25, 0.3) is 0 Å². The smallest absolute Gasteiger partial charge is 0.119 e. The van der Waals surface area contributed by atoms with Gasteiger partial charge < -0.3 is 4.74 Å². The first-order valence-electron chi connectivity index (χ1n) is 5.26. The van der Waals surface area contributed by atoms with E-state index >= 15 is 0 Å². The zero-order valence-electron chi connectivity index (χ0n) is 9.72. The molecule has 0 unspecified atom stereocenters. The molecular weight excluding hydrogens is 299 g/mol. The molecule has 0 saturated heterocycles. The summed E-state index contributed by atoms with van der Waals surface area (Å²) in [6.45, 7) is 4.64. The Kier molecular flexibility index (Phi) is 4.90. The molecule has 0 spiro atoms. The molecule has 0 fully saturated rings. The van der Waals surface area contributed by atoms with Crippen molar-refractivity contribution in [2.75, 3.05) is 11.5 Å². The average molecular weight is 318 g/mol. The zero-order chi connectivity index (χ0) is 11.3. The predicted octanol–water partition coefficient (Wildman–Crippen LogP) is 4.09. The van der Waals surface area contributed by atoms with E-state index in [2.05, 4.69) is 54.6 Å². The van der Waals surface area contributed by atoms with Crippen molar-refractivity contribution < 1.29 is 4.74 Å². The van der Waals surface area contributed by atoms with Crippen LogP contribution in [-0.4, -0.2) is 11.5 Å². The SMILES string of the molecule is COc1cccc(CCC(C)(C)CI)c1. The third-order valence-corrected chi connectivity index (χ3v) is 4.65. The van der Waals surface area contributed by atoms with E-state index in [0.717, 1.165) is 12.2 Å². The van der Waals surface area contributed by atoms with Crippen molar-refractivity contribution in [3.8, 4) is 5.75 Å². The van der Waals surface area contributed by atoms with E-state index in [4.69, 9.17) is 4.74 Å². The highest BCUT2D eigenvalue weighted by molar-refractivity contribution is 14.1. The third-order valence-electron chi connectivity index (χ3n) is 2.59. The van der Waals surface area contributed by atoms with Crippen LogP contribution >= 0.6 is 22.6 Å². The van der Waals surface area contributed by atoms with Gasteiger partial charge in [-0.05, 0) is 36.0 Å². The van der Waals surface area contributed by atoms with Gasteiger partial charge in [-0.15, -0.1) is 0 Å². The standard InChI is InChI=1S/C13H19IO/c1-13(2,10-14)8-7-11-5-4-6-12(9-11)15-3/h4-6,9H,7-8,10H2,1-3H3. The van der Waals surface area contributed by atoms with Gasteiger partial charge in [-0.1, -0.05) is 48.6 Å². The highest BCUT2D eigenvalue weighted by Gasteiger charge is 2.15. The van der Waals surface area contributed by atoms with Crippen molar-refractivity contribution in [1.29, 1.82) is 0 Å². The van der Waals surface area contributed by atoms with Crippen molar-refractivity contribution in [2.45, 2.75) is 26.7 Å². The van der Waals surface area contributed by atoms with Gasteiger partial charge >= 0.3 is 0 Å². The number of aryl methyl sites for hydroxylation is 1. The Morgan fingerprint density at radius 1 is 1.33 bits per heavy atom. The van der Waals surface area contributed by atoms with Gasteiger partial charge in [0.15, 0.2) is 0 Å². The van der Waals surface area contributed by atoms with Gasteiger partial charge in [0.1, 0.15) is 5.75 Å². The van der Waals surface area contributed by atoms with Gasteiger partial charge in [0.2, 0.25) is 0 Å². The Balaban J connectivity index is 2.57.